The fourth-order valence-electron chi connectivity index (χ4n) is 3.66. The number of fused-ring (bicyclic) bond motifs is 3. The molecule has 1 aliphatic rings. The number of carbonyl (C=O) groups excluding carboxylic acids is 1. The van der Waals surface area contributed by atoms with Crippen LogP contribution in [0.4, 0.5) is 0 Å². The first-order chi connectivity index (χ1) is 12.2. The number of hydrogen-bond donors (Lipinski definition) is 2. The second-order valence-corrected chi connectivity index (χ2v) is 6.24. The van der Waals surface area contributed by atoms with Gasteiger partial charge in [0.25, 0.3) is 5.91 Å². The Morgan fingerprint density at radius 1 is 1.04 bits per heavy atom. The molecule has 0 spiro atoms. The Labute approximate surface area is 146 Å². The highest BCUT2D eigenvalue weighted by atomic mass is 16.5. The normalized spacial score (nSPS) is 15.8. The second-order valence-electron chi connectivity index (χ2n) is 6.24. The number of para-hydroxylation sites is 1. The maximum absolute atomic E-state index is 12.8. The fraction of sp³-hybridized carbons (Fsp3) is 0.250. The minimum Gasteiger partial charge on any atom is -0.496 e. The average Bonchev–Trinajstić information content (AvgIpc) is 3.17. The summed E-state index contributed by atoms with van der Waals surface area (Å²) < 4.78 is 10.7. The smallest absolute Gasteiger partial charge is 0.259 e. The van der Waals surface area contributed by atoms with Crippen molar-refractivity contribution in [3.8, 4) is 11.5 Å². The van der Waals surface area contributed by atoms with Crippen LogP contribution in [0.15, 0.2) is 42.5 Å². The van der Waals surface area contributed by atoms with E-state index in [0.717, 1.165) is 18.4 Å². The highest BCUT2D eigenvalue weighted by molar-refractivity contribution is 6.00. The molecule has 5 heteroatoms. The summed E-state index contributed by atoms with van der Waals surface area (Å²) in [4.78, 5) is 16.3. The van der Waals surface area contributed by atoms with Crippen LogP contribution < -0.4 is 14.8 Å². The summed E-state index contributed by atoms with van der Waals surface area (Å²) in [6.45, 7) is 0. The molecule has 0 saturated heterocycles. The molecule has 0 fully saturated rings. The van der Waals surface area contributed by atoms with Crippen LogP contribution >= 0.6 is 0 Å². The molecule has 0 saturated carbocycles. The molecule has 128 valence electrons. The van der Waals surface area contributed by atoms with Crippen molar-refractivity contribution in [1.82, 2.24) is 10.3 Å². The molecule has 1 heterocycles. The number of methoxy groups -OCH3 is 2. The van der Waals surface area contributed by atoms with Crippen molar-refractivity contribution in [3.05, 3.63) is 59.3 Å². The number of rotatable bonds is 4. The molecule has 0 aliphatic heterocycles. The summed E-state index contributed by atoms with van der Waals surface area (Å²) in [7, 11) is 3.11. The predicted octanol–water partition coefficient (Wildman–Crippen LogP) is 3.08. The summed E-state index contributed by atoms with van der Waals surface area (Å²) in [5, 5.41) is 4.36. The quantitative estimate of drug-likeness (QED) is 0.769. The lowest BCUT2D eigenvalue weighted by Gasteiger charge is -2.16. The number of benzene rings is 2. The third kappa shape index (κ3) is 2.61. The third-order valence-corrected chi connectivity index (χ3v) is 4.79. The van der Waals surface area contributed by atoms with E-state index in [2.05, 4.69) is 22.4 Å². The van der Waals surface area contributed by atoms with Crippen molar-refractivity contribution < 1.29 is 14.3 Å². The molecule has 0 radical (unpaired) electrons. The molecule has 1 amide bonds. The Morgan fingerprint density at radius 2 is 1.76 bits per heavy atom. The van der Waals surface area contributed by atoms with Crippen molar-refractivity contribution in [3.63, 3.8) is 0 Å². The monoisotopic (exact) mass is 336 g/mol. The first kappa shape index (κ1) is 15.6. The molecule has 2 aromatic carbocycles. The summed E-state index contributed by atoms with van der Waals surface area (Å²) in [5.74, 6) is 0.853. The van der Waals surface area contributed by atoms with E-state index in [-0.39, 0.29) is 11.9 Å². The van der Waals surface area contributed by atoms with Crippen molar-refractivity contribution in [2.45, 2.75) is 18.9 Å². The number of aromatic amines is 1. The van der Waals surface area contributed by atoms with Crippen LogP contribution in [0.2, 0.25) is 0 Å². The van der Waals surface area contributed by atoms with E-state index in [1.54, 1.807) is 32.4 Å². The SMILES string of the molecule is COc1cccc(OC)c1C(=O)NC1Cc2[nH]c3ccccc3c2C1. The zero-order chi connectivity index (χ0) is 17.4. The Morgan fingerprint density at radius 3 is 2.48 bits per heavy atom. The lowest BCUT2D eigenvalue weighted by molar-refractivity contribution is 0.0932. The molecule has 5 nitrogen and oxygen atoms in total. The Kier molecular flexibility index (Phi) is 3.84. The molecular formula is C20H20N2O3. The van der Waals surface area contributed by atoms with Gasteiger partial charge in [0.05, 0.1) is 14.2 Å². The van der Waals surface area contributed by atoms with Crippen LogP contribution in [-0.2, 0) is 12.8 Å². The number of carbonyl (C=O) groups is 1. The van der Waals surface area contributed by atoms with E-state index in [9.17, 15) is 4.79 Å². The minimum atomic E-state index is -0.172. The van der Waals surface area contributed by atoms with Gasteiger partial charge in [-0.25, -0.2) is 0 Å². The maximum atomic E-state index is 12.8. The zero-order valence-electron chi connectivity index (χ0n) is 14.3. The highest BCUT2D eigenvalue weighted by Gasteiger charge is 2.28. The van der Waals surface area contributed by atoms with Gasteiger partial charge in [-0.3, -0.25) is 4.79 Å². The summed E-state index contributed by atoms with van der Waals surface area (Å²) in [6.07, 6.45) is 1.62. The van der Waals surface area contributed by atoms with Crippen LogP contribution in [0.5, 0.6) is 11.5 Å². The highest BCUT2D eigenvalue weighted by Crippen LogP contribution is 2.32. The van der Waals surface area contributed by atoms with Crippen molar-refractivity contribution >= 4 is 16.8 Å². The van der Waals surface area contributed by atoms with Crippen molar-refractivity contribution in [1.29, 1.82) is 0 Å². The molecule has 1 aliphatic carbocycles. The van der Waals surface area contributed by atoms with Crippen LogP contribution in [0.3, 0.4) is 0 Å². The Hall–Kier alpha value is -2.95. The fourth-order valence-corrected chi connectivity index (χ4v) is 3.66. The summed E-state index contributed by atoms with van der Waals surface area (Å²) in [6, 6.07) is 13.7. The van der Waals surface area contributed by atoms with E-state index in [0.29, 0.717) is 17.1 Å². The minimum absolute atomic E-state index is 0.0629. The van der Waals surface area contributed by atoms with E-state index < -0.39 is 0 Å². The van der Waals surface area contributed by atoms with Gasteiger partial charge in [0, 0.05) is 29.1 Å². The van der Waals surface area contributed by atoms with Gasteiger partial charge in [-0.2, -0.15) is 0 Å². The van der Waals surface area contributed by atoms with E-state index in [1.165, 1.54) is 16.6 Å². The molecule has 1 unspecified atom stereocenters. The first-order valence-corrected chi connectivity index (χ1v) is 8.31. The van der Waals surface area contributed by atoms with E-state index >= 15 is 0 Å². The van der Waals surface area contributed by atoms with E-state index in [4.69, 9.17) is 9.47 Å². The number of H-pyrrole nitrogens is 1. The van der Waals surface area contributed by atoms with Crippen LogP contribution in [0, 0.1) is 0 Å². The molecule has 2 N–H and O–H groups in total. The van der Waals surface area contributed by atoms with Crippen LogP contribution in [-0.4, -0.2) is 31.2 Å². The van der Waals surface area contributed by atoms with Gasteiger partial charge in [0.2, 0.25) is 0 Å². The van der Waals surface area contributed by atoms with Gasteiger partial charge in [0.1, 0.15) is 17.1 Å². The Balaban J connectivity index is 1.57. The topological polar surface area (TPSA) is 63.4 Å². The third-order valence-electron chi connectivity index (χ3n) is 4.79. The predicted molar refractivity (Wildman–Crippen MR) is 96.5 cm³/mol. The Bertz CT molecular complexity index is 923. The molecule has 3 aromatic rings. The van der Waals surface area contributed by atoms with Gasteiger partial charge in [-0.1, -0.05) is 24.3 Å². The largest absolute Gasteiger partial charge is 0.496 e. The number of nitrogens with one attached hydrogen (secondary N) is 2. The van der Waals surface area contributed by atoms with Gasteiger partial charge < -0.3 is 19.8 Å². The number of ether oxygens (including phenoxy) is 2. The summed E-state index contributed by atoms with van der Waals surface area (Å²) in [5.41, 5.74) is 4.10. The lowest BCUT2D eigenvalue weighted by atomic mass is 10.1. The molecule has 0 bridgehead atoms. The second kappa shape index (κ2) is 6.16. The molecule has 4 rings (SSSR count). The van der Waals surface area contributed by atoms with Crippen LogP contribution in [0.25, 0.3) is 10.9 Å². The van der Waals surface area contributed by atoms with E-state index in [1.807, 2.05) is 12.1 Å². The molecular weight excluding hydrogens is 316 g/mol. The average molecular weight is 336 g/mol. The van der Waals surface area contributed by atoms with Crippen molar-refractivity contribution in [2.75, 3.05) is 14.2 Å². The van der Waals surface area contributed by atoms with Crippen molar-refractivity contribution in [2.24, 2.45) is 0 Å². The van der Waals surface area contributed by atoms with Gasteiger partial charge in [-0.15, -0.1) is 0 Å². The number of aromatic nitrogens is 1. The lowest BCUT2D eigenvalue weighted by Crippen LogP contribution is -2.35. The maximum Gasteiger partial charge on any atom is 0.259 e. The molecule has 1 aromatic heterocycles. The molecule has 1 atom stereocenters. The number of amides is 1. The first-order valence-electron chi connectivity index (χ1n) is 8.31. The van der Waals surface area contributed by atoms with Gasteiger partial charge >= 0.3 is 0 Å². The number of hydrogen-bond acceptors (Lipinski definition) is 3. The van der Waals surface area contributed by atoms with Gasteiger partial charge in [0.15, 0.2) is 0 Å². The van der Waals surface area contributed by atoms with Crippen LogP contribution in [0.1, 0.15) is 21.6 Å². The zero-order valence-corrected chi connectivity index (χ0v) is 14.3. The standard InChI is InChI=1S/C20H20N2O3/c1-24-17-8-5-9-18(25-2)19(17)20(23)21-12-10-14-13-6-3-4-7-15(13)22-16(14)11-12/h3-9,12,22H,10-11H2,1-2H3,(H,21,23). The molecule has 25 heavy (non-hydrogen) atoms. The van der Waals surface area contributed by atoms with Gasteiger partial charge in [-0.05, 0) is 30.2 Å². The summed E-state index contributed by atoms with van der Waals surface area (Å²) >= 11 is 0.